The molecule has 18 heavy (non-hydrogen) atoms. The van der Waals surface area contributed by atoms with Crippen molar-refractivity contribution in [3.05, 3.63) is 0 Å². The minimum absolute atomic E-state index is 0.113. The minimum Gasteiger partial charge on any atom is -0.469 e. The van der Waals surface area contributed by atoms with Crippen LogP contribution in [0.3, 0.4) is 0 Å². The van der Waals surface area contributed by atoms with Crippen LogP contribution in [-0.2, 0) is 24.3 Å². The maximum Gasteiger partial charge on any atom is 0.306 e. The molecule has 2 N–H and O–H groups in total. The lowest BCUT2D eigenvalue weighted by Crippen LogP contribution is -2.48. The van der Waals surface area contributed by atoms with Crippen LogP contribution in [0.4, 0.5) is 0 Å². The number of hydrogen-bond acceptors (Lipinski definition) is 6. The summed E-state index contributed by atoms with van der Waals surface area (Å²) in [6.07, 6.45) is -0.245. The van der Waals surface area contributed by atoms with Crippen molar-refractivity contribution in [2.45, 2.75) is 31.5 Å². The van der Waals surface area contributed by atoms with E-state index in [0.717, 1.165) is 0 Å². The summed E-state index contributed by atoms with van der Waals surface area (Å²) in [4.78, 5) is 10.9. The molecule has 1 aliphatic heterocycles. The van der Waals surface area contributed by atoms with Gasteiger partial charge in [0.15, 0.2) is 0 Å². The van der Waals surface area contributed by atoms with Crippen molar-refractivity contribution in [3.8, 4) is 0 Å². The first-order valence-electron chi connectivity index (χ1n) is 5.67. The number of aliphatic hydroxyl groups is 1. The van der Waals surface area contributed by atoms with Crippen molar-refractivity contribution in [3.63, 3.8) is 0 Å². The Morgan fingerprint density at radius 2 is 2.28 bits per heavy atom. The van der Waals surface area contributed by atoms with E-state index in [1.54, 1.807) is 6.92 Å². The lowest BCUT2D eigenvalue weighted by atomic mass is 9.97. The monoisotopic (exact) mass is 281 g/mol. The van der Waals surface area contributed by atoms with Crippen LogP contribution in [-0.4, -0.2) is 57.2 Å². The zero-order valence-electron chi connectivity index (χ0n) is 10.5. The summed E-state index contributed by atoms with van der Waals surface area (Å²) in [6, 6.07) is 0. The average Bonchev–Trinajstić information content (AvgIpc) is 2.65. The highest BCUT2D eigenvalue weighted by atomic mass is 32.2. The van der Waals surface area contributed by atoms with Crippen LogP contribution in [0, 0.1) is 0 Å². The number of esters is 1. The van der Waals surface area contributed by atoms with Crippen LogP contribution < -0.4 is 4.72 Å². The molecule has 1 fully saturated rings. The first-order valence-corrected chi connectivity index (χ1v) is 7.32. The summed E-state index contributed by atoms with van der Waals surface area (Å²) in [5.74, 6) is -0.943. The Morgan fingerprint density at radius 3 is 2.78 bits per heavy atom. The molecule has 0 aromatic heterocycles. The largest absolute Gasteiger partial charge is 0.469 e. The van der Waals surface area contributed by atoms with Gasteiger partial charge in [0.1, 0.15) is 5.60 Å². The van der Waals surface area contributed by atoms with Gasteiger partial charge in [0, 0.05) is 19.6 Å². The van der Waals surface area contributed by atoms with Gasteiger partial charge in [-0.15, -0.1) is 0 Å². The molecule has 8 heteroatoms. The van der Waals surface area contributed by atoms with E-state index in [9.17, 15) is 18.3 Å². The Labute approximate surface area is 107 Å². The van der Waals surface area contributed by atoms with Crippen molar-refractivity contribution in [2.24, 2.45) is 0 Å². The first-order chi connectivity index (χ1) is 8.29. The average molecular weight is 281 g/mol. The molecule has 1 saturated heterocycles. The normalized spacial score (nSPS) is 28.3. The number of rotatable bonds is 6. The van der Waals surface area contributed by atoms with E-state index in [0.29, 0.717) is 13.0 Å². The van der Waals surface area contributed by atoms with Gasteiger partial charge in [-0.2, -0.15) is 0 Å². The van der Waals surface area contributed by atoms with Gasteiger partial charge < -0.3 is 14.6 Å². The number of carbonyl (C=O) groups excluding carboxylic acids is 1. The quantitative estimate of drug-likeness (QED) is 0.606. The Balaban J connectivity index is 2.44. The van der Waals surface area contributed by atoms with Crippen molar-refractivity contribution in [2.75, 3.05) is 26.0 Å². The highest BCUT2D eigenvalue weighted by Gasteiger charge is 2.40. The first kappa shape index (κ1) is 15.4. The maximum absolute atomic E-state index is 11.6. The lowest BCUT2D eigenvalue weighted by molar-refractivity contribution is -0.140. The molecule has 0 aliphatic carbocycles. The van der Waals surface area contributed by atoms with Crippen molar-refractivity contribution in [1.82, 2.24) is 4.72 Å². The molecule has 0 saturated carbocycles. The van der Waals surface area contributed by atoms with E-state index >= 15 is 0 Å². The van der Waals surface area contributed by atoms with E-state index < -0.39 is 27.7 Å². The van der Waals surface area contributed by atoms with Gasteiger partial charge in [-0.25, -0.2) is 13.1 Å². The standard InChI is InChI=1S/C10H19NO6S/c1-8-10(13,4-5-17-8)7-11-18(14,15)6-3-9(12)16-2/h8,11,13H,3-7H2,1-2H3. The van der Waals surface area contributed by atoms with Gasteiger partial charge in [0.2, 0.25) is 10.0 Å². The second-order valence-electron chi connectivity index (χ2n) is 4.33. The van der Waals surface area contributed by atoms with E-state index in [1.165, 1.54) is 7.11 Å². The predicted octanol–water partition coefficient (Wildman–Crippen LogP) is -0.991. The molecule has 0 bridgehead atoms. The molecule has 1 aliphatic rings. The molecular weight excluding hydrogens is 262 g/mol. The maximum atomic E-state index is 11.6. The fourth-order valence-electron chi connectivity index (χ4n) is 1.63. The lowest BCUT2D eigenvalue weighted by Gasteiger charge is -2.25. The molecule has 1 rings (SSSR count). The highest BCUT2D eigenvalue weighted by molar-refractivity contribution is 7.89. The van der Waals surface area contributed by atoms with Gasteiger partial charge in [0.05, 0.1) is 25.4 Å². The number of hydrogen-bond donors (Lipinski definition) is 2. The van der Waals surface area contributed by atoms with Crippen LogP contribution in [0.15, 0.2) is 0 Å². The Kier molecular flexibility index (Phi) is 5.09. The van der Waals surface area contributed by atoms with Gasteiger partial charge in [-0.1, -0.05) is 0 Å². The molecular formula is C10H19NO6S. The van der Waals surface area contributed by atoms with Gasteiger partial charge in [0.25, 0.3) is 0 Å². The minimum atomic E-state index is -3.60. The van der Waals surface area contributed by atoms with E-state index in [1.807, 2.05) is 0 Å². The predicted molar refractivity (Wildman–Crippen MR) is 63.4 cm³/mol. The molecule has 2 unspecified atom stereocenters. The Bertz CT molecular complexity index is 395. The second-order valence-corrected chi connectivity index (χ2v) is 6.26. The smallest absolute Gasteiger partial charge is 0.306 e. The van der Waals surface area contributed by atoms with Gasteiger partial charge in [-0.05, 0) is 6.92 Å². The van der Waals surface area contributed by atoms with Crippen LogP contribution >= 0.6 is 0 Å². The van der Waals surface area contributed by atoms with Crippen molar-refractivity contribution >= 4 is 16.0 Å². The molecule has 2 atom stereocenters. The summed E-state index contributed by atoms with van der Waals surface area (Å²) in [6.45, 7) is 1.98. The van der Waals surface area contributed by atoms with Crippen molar-refractivity contribution < 1.29 is 27.8 Å². The van der Waals surface area contributed by atoms with Gasteiger partial charge >= 0.3 is 5.97 Å². The zero-order valence-corrected chi connectivity index (χ0v) is 11.3. The molecule has 0 spiro atoms. The van der Waals surface area contributed by atoms with E-state index in [-0.39, 0.29) is 18.7 Å². The highest BCUT2D eigenvalue weighted by Crippen LogP contribution is 2.24. The van der Waals surface area contributed by atoms with E-state index in [4.69, 9.17) is 4.74 Å². The summed E-state index contributed by atoms with van der Waals surface area (Å²) < 4.78 is 35.0. The number of carbonyl (C=O) groups is 1. The fraction of sp³-hybridized carbons (Fsp3) is 0.900. The number of nitrogens with one attached hydrogen (secondary N) is 1. The Hall–Kier alpha value is -0.700. The summed E-state index contributed by atoms with van der Waals surface area (Å²) in [7, 11) is -2.41. The molecule has 7 nitrogen and oxygen atoms in total. The summed E-state index contributed by atoms with van der Waals surface area (Å²) in [5.41, 5.74) is -1.18. The van der Waals surface area contributed by atoms with Crippen LogP contribution in [0.1, 0.15) is 19.8 Å². The van der Waals surface area contributed by atoms with Crippen molar-refractivity contribution in [1.29, 1.82) is 0 Å². The molecule has 0 amide bonds. The molecule has 0 aromatic rings. The van der Waals surface area contributed by atoms with Crippen LogP contribution in [0.2, 0.25) is 0 Å². The number of methoxy groups -OCH3 is 1. The SMILES string of the molecule is COC(=O)CCS(=O)(=O)NCC1(O)CCOC1C. The molecule has 1 heterocycles. The summed E-state index contributed by atoms with van der Waals surface area (Å²) in [5, 5.41) is 10.1. The molecule has 0 radical (unpaired) electrons. The molecule has 106 valence electrons. The number of sulfonamides is 1. The van der Waals surface area contributed by atoms with Crippen LogP contribution in [0.25, 0.3) is 0 Å². The molecule has 0 aromatic carbocycles. The second kappa shape index (κ2) is 5.96. The topological polar surface area (TPSA) is 102 Å². The summed E-state index contributed by atoms with van der Waals surface area (Å²) >= 11 is 0. The zero-order chi connectivity index (χ0) is 13.8. The Morgan fingerprint density at radius 1 is 1.61 bits per heavy atom. The fourth-order valence-corrected chi connectivity index (χ4v) is 2.68. The third-order valence-corrected chi connectivity index (χ3v) is 4.39. The third-order valence-electron chi connectivity index (χ3n) is 3.06. The number of ether oxygens (including phenoxy) is 2. The van der Waals surface area contributed by atoms with E-state index in [2.05, 4.69) is 9.46 Å². The van der Waals surface area contributed by atoms with Crippen LogP contribution in [0.5, 0.6) is 0 Å². The van der Waals surface area contributed by atoms with Gasteiger partial charge in [-0.3, -0.25) is 4.79 Å². The third kappa shape index (κ3) is 4.20.